The Morgan fingerprint density at radius 3 is 2.70 bits per heavy atom. The van der Waals surface area contributed by atoms with E-state index in [1.54, 1.807) is 0 Å². The van der Waals surface area contributed by atoms with Gasteiger partial charge < -0.3 is 11.1 Å². The van der Waals surface area contributed by atoms with Gasteiger partial charge in [0, 0.05) is 34.8 Å². The van der Waals surface area contributed by atoms with Gasteiger partial charge in [-0.05, 0) is 48.6 Å². The fraction of sp³-hybridized carbons (Fsp3) is 0.333. The summed E-state index contributed by atoms with van der Waals surface area (Å²) < 4.78 is 40.5. The highest BCUT2D eigenvalue weighted by molar-refractivity contribution is 6.31. The number of nitrogens with one attached hydrogen (secondary N) is 1. The fourth-order valence-electron chi connectivity index (χ4n) is 5.08. The minimum atomic E-state index is -4.79. The number of nitriles is 1. The molecule has 1 aromatic heterocycles. The number of allylic oxidation sites excluding steroid dienone is 1. The molecule has 43 heavy (non-hydrogen) atoms. The SMILES string of the molecule is CC1CCCC(n2cnc(-c3cc(Cl)ccc3N(N)/C=C(\N)C(F)(F)F)cc2=O)c2cccc(c2)CC(CC#N)NC1=O. The number of alkyl halides is 3. The lowest BCUT2D eigenvalue weighted by Crippen LogP contribution is -2.39. The van der Waals surface area contributed by atoms with Crippen molar-refractivity contribution < 1.29 is 18.0 Å². The number of aromatic nitrogens is 2. The third-order valence-electron chi connectivity index (χ3n) is 7.35. The summed E-state index contributed by atoms with van der Waals surface area (Å²) >= 11 is 6.18. The molecule has 4 rings (SSSR count). The van der Waals surface area contributed by atoms with Crippen molar-refractivity contribution in [3.05, 3.63) is 93.3 Å². The zero-order valence-electron chi connectivity index (χ0n) is 23.3. The van der Waals surface area contributed by atoms with Crippen LogP contribution in [0.15, 0.2) is 71.5 Å². The number of halogens is 4. The lowest BCUT2D eigenvalue weighted by Gasteiger charge is -2.25. The Bertz CT molecular complexity index is 1620. The molecule has 2 aromatic carbocycles. The molecule has 1 aliphatic rings. The zero-order valence-corrected chi connectivity index (χ0v) is 24.1. The molecule has 3 atom stereocenters. The van der Waals surface area contributed by atoms with Crippen LogP contribution in [0, 0.1) is 17.2 Å². The van der Waals surface area contributed by atoms with Crippen LogP contribution in [0.5, 0.6) is 0 Å². The molecule has 0 aliphatic carbocycles. The van der Waals surface area contributed by atoms with E-state index in [0.29, 0.717) is 36.9 Å². The Morgan fingerprint density at radius 2 is 2.00 bits per heavy atom. The molecule has 1 aliphatic heterocycles. The van der Waals surface area contributed by atoms with Crippen molar-refractivity contribution >= 4 is 23.2 Å². The van der Waals surface area contributed by atoms with Crippen molar-refractivity contribution in [2.45, 2.75) is 57.3 Å². The maximum Gasteiger partial charge on any atom is 0.432 e. The number of anilines is 1. The summed E-state index contributed by atoms with van der Waals surface area (Å²) in [5, 5.41) is 13.2. The predicted molar refractivity (Wildman–Crippen MR) is 157 cm³/mol. The van der Waals surface area contributed by atoms with Gasteiger partial charge in [0.25, 0.3) is 5.56 Å². The summed E-state index contributed by atoms with van der Waals surface area (Å²) in [7, 11) is 0. The lowest BCUT2D eigenvalue weighted by atomic mass is 9.92. The van der Waals surface area contributed by atoms with E-state index in [2.05, 4.69) is 16.4 Å². The van der Waals surface area contributed by atoms with Gasteiger partial charge in [0.15, 0.2) is 0 Å². The van der Waals surface area contributed by atoms with E-state index in [0.717, 1.165) is 11.1 Å². The summed E-state index contributed by atoms with van der Waals surface area (Å²) in [6, 6.07) is 14.6. The molecule has 3 aromatic rings. The minimum Gasteiger partial charge on any atom is -0.393 e. The van der Waals surface area contributed by atoms with E-state index in [1.165, 1.54) is 35.2 Å². The molecule has 13 heteroatoms. The average molecular weight is 614 g/mol. The molecule has 0 spiro atoms. The van der Waals surface area contributed by atoms with Gasteiger partial charge in [-0.25, -0.2) is 10.8 Å². The van der Waals surface area contributed by atoms with Gasteiger partial charge in [0.1, 0.15) is 5.70 Å². The highest BCUT2D eigenvalue weighted by Gasteiger charge is 2.32. The first-order valence-electron chi connectivity index (χ1n) is 13.6. The van der Waals surface area contributed by atoms with E-state index < -0.39 is 23.5 Å². The Kier molecular flexibility index (Phi) is 9.78. The quantitative estimate of drug-likeness (QED) is 0.273. The molecule has 2 bridgehead atoms. The number of hydrazine groups is 1. The minimum absolute atomic E-state index is 0.0964. The average Bonchev–Trinajstić information content (AvgIpc) is 2.94. The number of hydrogen-bond acceptors (Lipinski definition) is 7. The van der Waals surface area contributed by atoms with Crippen molar-refractivity contribution in [3.63, 3.8) is 0 Å². The van der Waals surface area contributed by atoms with Gasteiger partial charge >= 0.3 is 6.18 Å². The molecule has 0 fully saturated rings. The number of nitrogens with two attached hydrogens (primary N) is 2. The number of rotatable bonds is 5. The van der Waals surface area contributed by atoms with Crippen molar-refractivity contribution in [3.8, 4) is 17.3 Å². The number of carbonyl (C=O) groups is 1. The molecule has 0 radical (unpaired) electrons. The molecule has 0 saturated heterocycles. The second-order valence-corrected chi connectivity index (χ2v) is 11.0. The third-order valence-corrected chi connectivity index (χ3v) is 7.59. The molecule has 0 saturated carbocycles. The van der Waals surface area contributed by atoms with Crippen LogP contribution < -0.4 is 27.5 Å². The summed E-state index contributed by atoms with van der Waals surface area (Å²) in [5.41, 5.74) is 5.59. The maximum absolute atomic E-state index is 13.6. The lowest BCUT2D eigenvalue weighted by molar-refractivity contribution is -0.125. The molecule has 3 unspecified atom stereocenters. The second kappa shape index (κ2) is 13.3. The van der Waals surface area contributed by atoms with Crippen LogP contribution in [0.3, 0.4) is 0 Å². The molecule has 5 N–H and O–H groups in total. The van der Waals surface area contributed by atoms with Crippen molar-refractivity contribution in [1.82, 2.24) is 14.9 Å². The monoisotopic (exact) mass is 613 g/mol. The van der Waals surface area contributed by atoms with Gasteiger partial charge in [-0.3, -0.25) is 19.2 Å². The first-order valence-corrected chi connectivity index (χ1v) is 14.0. The highest BCUT2D eigenvalue weighted by Crippen LogP contribution is 2.33. The third kappa shape index (κ3) is 7.74. The largest absolute Gasteiger partial charge is 0.432 e. The molecule has 1 amide bonds. The Morgan fingerprint density at radius 1 is 1.23 bits per heavy atom. The van der Waals surface area contributed by atoms with Crippen LogP contribution in [0.25, 0.3) is 11.3 Å². The maximum atomic E-state index is 13.6. The van der Waals surface area contributed by atoms with E-state index in [-0.39, 0.29) is 46.3 Å². The van der Waals surface area contributed by atoms with E-state index >= 15 is 0 Å². The first-order chi connectivity index (χ1) is 20.4. The van der Waals surface area contributed by atoms with Crippen LogP contribution in [0.2, 0.25) is 5.02 Å². The number of fused-ring (bicyclic) bond motifs is 2. The molecular weight excluding hydrogens is 583 g/mol. The predicted octanol–water partition coefficient (Wildman–Crippen LogP) is 4.96. The smallest absolute Gasteiger partial charge is 0.393 e. The molecular formula is C30H31ClF3N7O2. The fourth-order valence-corrected chi connectivity index (χ4v) is 5.25. The summed E-state index contributed by atoms with van der Waals surface area (Å²) in [5.74, 6) is 5.51. The number of nitrogens with zero attached hydrogens (tertiary/aromatic N) is 4. The highest BCUT2D eigenvalue weighted by atomic mass is 35.5. The Labute approximate surface area is 251 Å². The normalized spacial score (nSPS) is 19.9. The molecule has 2 heterocycles. The topological polar surface area (TPSA) is 143 Å². The summed E-state index contributed by atoms with van der Waals surface area (Å²) in [4.78, 5) is 30.8. The van der Waals surface area contributed by atoms with Crippen LogP contribution >= 0.6 is 11.6 Å². The van der Waals surface area contributed by atoms with Crippen molar-refractivity contribution in [2.24, 2.45) is 17.5 Å². The zero-order chi connectivity index (χ0) is 31.3. The molecule has 9 nitrogen and oxygen atoms in total. The van der Waals surface area contributed by atoms with Crippen molar-refractivity contribution in [1.29, 1.82) is 5.26 Å². The summed E-state index contributed by atoms with van der Waals surface area (Å²) in [6.45, 7) is 1.84. The van der Waals surface area contributed by atoms with Gasteiger partial charge in [-0.1, -0.05) is 49.2 Å². The van der Waals surface area contributed by atoms with E-state index in [9.17, 15) is 28.0 Å². The van der Waals surface area contributed by atoms with Crippen molar-refractivity contribution in [2.75, 3.05) is 5.01 Å². The van der Waals surface area contributed by atoms with Gasteiger partial charge in [0.2, 0.25) is 5.91 Å². The second-order valence-electron chi connectivity index (χ2n) is 10.5. The number of benzene rings is 2. The van der Waals surface area contributed by atoms with Crippen LogP contribution in [0.1, 0.15) is 49.8 Å². The molecule has 226 valence electrons. The van der Waals surface area contributed by atoms with Crippen LogP contribution in [0.4, 0.5) is 18.9 Å². The Balaban J connectivity index is 1.74. The van der Waals surface area contributed by atoms with Gasteiger partial charge in [-0.2, -0.15) is 18.4 Å². The first kappa shape index (κ1) is 31.6. The van der Waals surface area contributed by atoms with E-state index in [4.69, 9.17) is 23.2 Å². The van der Waals surface area contributed by atoms with Crippen LogP contribution in [-0.2, 0) is 11.2 Å². The number of hydrogen-bond donors (Lipinski definition) is 3. The van der Waals surface area contributed by atoms with E-state index in [1.807, 2.05) is 31.2 Å². The van der Waals surface area contributed by atoms with Gasteiger partial charge in [0.05, 0.1) is 36.2 Å². The Hall–Kier alpha value is -4.34. The standard InChI is InChI=1S/C30H31ClF3N7O2/c1-18-4-2-7-25(20-6-3-5-19(12-20)13-22(10-11-35)39-29(18)43)40-17-38-24(15-28(40)42)23-14-21(31)8-9-26(23)41(37)16-27(36)30(32,33)34/h3,5-6,8-9,12,14-18,22,25H,2,4,7,10,13,36-37H2,1H3,(H,39,43)/b27-16-. The number of amides is 1. The van der Waals surface area contributed by atoms with Gasteiger partial charge in [-0.15, -0.1) is 0 Å². The number of carbonyl (C=O) groups excluding carboxylic acids is 1. The van der Waals surface area contributed by atoms with Crippen LogP contribution in [-0.4, -0.2) is 27.7 Å². The summed E-state index contributed by atoms with van der Waals surface area (Å²) in [6.07, 6.45) is -0.478.